The van der Waals surface area contributed by atoms with E-state index in [0.717, 1.165) is 18.5 Å². The summed E-state index contributed by atoms with van der Waals surface area (Å²) in [6.45, 7) is 4.00. The summed E-state index contributed by atoms with van der Waals surface area (Å²) in [5.41, 5.74) is 1.15. The van der Waals surface area contributed by atoms with Gasteiger partial charge >= 0.3 is 0 Å². The Morgan fingerprint density at radius 1 is 1.06 bits per heavy atom. The monoisotopic (exact) mass is 514 g/mol. The van der Waals surface area contributed by atoms with Crippen molar-refractivity contribution in [2.24, 2.45) is 5.14 Å². The van der Waals surface area contributed by atoms with Crippen molar-refractivity contribution in [3.63, 3.8) is 0 Å². The molecular formula is C20H24F2N6O4S2. The number of aromatic nitrogens is 2. The second kappa shape index (κ2) is 11.2. The molecule has 1 aliphatic heterocycles. The normalized spacial score (nSPS) is 13.2. The number of benzene rings is 2. The van der Waals surface area contributed by atoms with Gasteiger partial charge in [-0.2, -0.15) is 4.98 Å². The molecule has 0 amide bonds. The molecule has 14 heteroatoms. The van der Waals surface area contributed by atoms with Crippen molar-refractivity contribution in [3.05, 3.63) is 65.9 Å². The number of para-hydroxylation sites is 1. The summed E-state index contributed by atoms with van der Waals surface area (Å²) in [6.07, 6.45) is 1.89. The lowest BCUT2D eigenvalue weighted by atomic mass is 10.1. The van der Waals surface area contributed by atoms with Gasteiger partial charge in [0.2, 0.25) is 26.0 Å². The smallest absolute Gasteiger partial charge is 0.237 e. The van der Waals surface area contributed by atoms with Crippen LogP contribution in [0.5, 0.6) is 0 Å². The SMILES string of the molecule is CC.CS(N)(=O)=O.O=S1(=O)Cc2cc(F)c(Nc3nc(Nc4ccccc4)ncc3F)cc2N1. The molecule has 0 spiro atoms. The van der Waals surface area contributed by atoms with Gasteiger partial charge in [0.1, 0.15) is 5.82 Å². The van der Waals surface area contributed by atoms with Crippen molar-refractivity contribution in [3.8, 4) is 0 Å². The van der Waals surface area contributed by atoms with Crippen LogP contribution in [-0.2, 0) is 25.8 Å². The van der Waals surface area contributed by atoms with Crippen LogP contribution in [0.25, 0.3) is 0 Å². The average Bonchev–Trinajstić information content (AvgIpc) is 3.04. The molecule has 3 aromatic rings. The Morgan fingerprint density at radius 3 is 2.29 bits per heavy atom. The van der Waals surface area contributed by atoms with Crippen LogP contribution in [0.15, 0.2) is 48.7 Å². The van der Waals surface area contributed by atoms with Gasteiger partial charge in [0, 0.05) is 5.69 Å². The Balaban J connectivity index is 0.000000520. The zero-order chi connectivity index (χ0) is 25.5. The summed E-state index contributed by atoms with van der Waals surface area (Å²) < 4.78 is 72.7. The Bertz CT molecular complexity index is 1350. The molecule has 1 aliphatic rings. The molecule has 34 heavy (non-hydrogen) atoms. The van der Waals surface area contributed by atoms with Gasteiger partial charge in [-0.05, 0) is 29.8 Å². The number of sulfonamides is 2. The molecule has 0 atom stereocenters. The number of fused-ring (bicyclic) bond motifs is 1. The molecule has 4 rings (SSSR count). The quantitative estimate of drug-likeness (QED) is 0.413. The Hall–Kier alpha value is -3.36. The zero-order valence-corrected chi connectivity index (χ0v) is 20.1. The van der Waals surface area contributed by atoms with E-state index in [4.69, 9.17) is 0 Å². The van der Waals surface area contributed by atoms with E-state index in [1.165, 1.54) is 6.07 Å². The number of primary sulfonamides is 1. The average molecular weight is 515 g/mol. The van der Waals surface area contributed by atoms with E-state index in [1.807, 2.05) is 32.0 Å². The van der Waals surface area contributed by atoms with Gasteiger partial charge in [-0.25, -0.2) is 35.7 Å². The molecule has 5 N–H and O–H groups in total. The molecule has 2 heterocycles. The molecular weight excluding hydrogens is 490 g/mol. The van der Waals surface area contributed by atoms with Crippen LogP contribution in [0, 0.1) is 11.6 Å². The van der Waals surface area contributed by atoms with Crippen LogP contribution in [0.4, 0.5) is 37.6 Å². The molecule has 1 aromatic heterocycles. The Kier molecular flexibility index (Phi) is 8.84. The van der Waals surface area contributed by atoms with Gasteiger partial charge in [0.15, 0.2) is 11.6 Å². The van der Waals surface area contributed by atoms with Crippen LogP contribution < -0.4 is 20.5 Å². The number of rotatable bonds is 4. The first-order chi connectivity index (χ1) is 15.9. The summed E-state index contributed by atoms with van der Waals surface area (Å²) in [7, 11) is -6.68. The topological polar surface area (TPSA) is 156 Å². The maximum atomic E-state index is 14.3. The van der Waals surface area contributed by atoms with Gasteiger partial charge < -0.3 is 10.6 Å². The molecule has 0 fully saturated rings. The van der Waals surface area contributed by atoms with Gasteiger partial charge in [-0.15, -0.1) is 0 Å². The van der Waals surface area contributed by atoms with Crippen molar-refractivity contribution < 1.29 is 25.6 Å². The highest BCUT2D eigenvalue weighted by Gasteiger charge is 2.25. The first-order valence-electron chi connectivity index (χ1n) is 9.82. The summed E-state index contributed by atoms with van der Waals surface area (Å²) in [5, 5.41) is 9.78. The van der Waals surface area contributed by atoms with Crippen molar-refractivity contribution in [2.45, 2.75) is 19.6 Å². The standard InChI is InChI=1S/C17H13F2N5O2S.C2H6.CH5NO2S/c18-12-6-10-9-27(25,26)24-14(10)7-15(12)22-16-13(19)8-20-17(23-16)21-11-4-2-1-3-5-11;1-2;1-5(2,3)4/h1-8,24H,9H2,(H2,20,21,22,23);1-2H3;1H3,(H2,2,3,4). The van der Waals surface area contributed by atoms with E-state index >= 15 is 0 Å². The number of hydrogen-bond acceptors (Lipinski definition) is 8. The minimum Gasteiger partial charge on any atom is -0.335 e. The second-order valence-corrected chi connectivity index (χ2v) is 10.1. The molecule has 0 aliphatic carbocycles. The molecule has 0 radical (unpaired) electrons. The lowest BCUT2D eigenvalue weighted by Gasteiger charge is -2.11. The third-order valence-corrected chi connectivity index (χ3v) is 5.05. The van der Waals surface area contributed by atoms with Gasteiger partial charge in [-0.1, -0.05) is 32.0 Å². The molecule has 0 saturated heterocycles. The van der Waals surface area contributed by atoms with Gasteiger partial charge in [0.25, 0.3) is 0 Å². The fourth-order valence-electron chi connectivity index (χ4n) is 2.63. The van der Waals surface area contributed by atoms with Crippen LogP contribution in [-0.4, -0.2) is 33.1 Å². The lowest BCUT2D eigenvalue weighted by molar-refractivity contribution is 0.601. The number of halogens is 2. The zero-order valence-electron chi connectivity index (χ0n) is 18.5. The molecule has 184 valence electrons. The fourth-order valence-corrected chi connectivity index (χ4v) is 3.87. The Morgan fingerprint density at radius 2 is 1.68 bits per heavy atom. The maximum absolute atomic E-state index is 14.3. The van der Waals surface area contributed by atoms with E-state index in [-0.39, 0.29) is 28.9 Å². The first kappa shape index (κ1) is 26.9. The predicted octanol–water partition coefficient (Wildman–Crippen LogP) is 3.43. The van der Waals surface area contributed by atoms with E-state index < -0.39 is 31.7 Å². The minimum absolute atomic E-state index is 0.110. The fraction of sp³-hybridized carbons (Fsp3) is 0.200. The van der Waals surface area contributed by atoms with E-state index in [2.05, 4.69) is 30.5 Å². The van der Waals surface area contributed by atoms with E-state index in [0.29, 0.717) is 11.3 Å². The van der Waals surface area contributed by atoms with Crippen molar-refractivity contribution in [2.75, 3.05) is 21.6 Å². The summed E-state index contributed by atoms with van der Waals surface area (Å²) in [5.74, 6) is -1.93. The molecule has 2 aromatic carbocycles. The molecule has 0 unspecified atom stereocenters. The third kappa shape index (κ3) is 8.20. The molecule has 0 saturated carbocycles. The van der Waals surface area contributed by atoms with Crippen LogP contribution in [0.2, 0.25) is 0 Å². The number of nitrogens with zero attached hydrogens (tertiary/aromatic N) is 2. The number of anilines is 5. The highest BCUT2D eigenvalue weighted by molar-refractivity contribution is 7.92. The predicted molar refractivity (Wildman–Crippen MR) is 128 cm³/mol. The van der Waals surface area contributed by atoms with Gasteiger partial charge in [-0.3, -0.25) is 4.72 Å². The van der Waals surface area contributed by atoms with Crippen molar-refractivity contribution in [1.82, 2.24) is 9.97 Å². The van der Waals surface area contributed by atoms with Crippen molar-refractivity contribution >= 4 is 48.9 Å². The number of nitrogens with one attached hydrogen (secondary N) is 3. The van der Waals surface area contributed by atoms with Crippen molar-refractivity contribution in [1.29, 1.82) is 0 Å². The second-order valence-electron chi connectivity index (χ2n) is 6.69. The molecule has 0 bridgehead atoms. The summed E-state index contributed by atoms with van der Waals surface area (Å²) >= 11 is 0. The van der Waals surface area contributed by atoms with E-state index in [9.17, 15) is 25.6 Å². The van der Waals surface area contributed by atoms with Gasteiger partial charge in [0.05, 0.1) is 29.6 Å². The number of nitrogens with two attached hydrogens (primary N) is 1. The largest absolute Gasteiger partial charge is 0.335 e. The highest BCUT2D eigenvalue weighted by atomic mass is 32.2. The van der Waals surface area contributed by atoms with Crippen LogP contribution >= 0.6 is 0 Å². The summed E-state index contributed by atoms with van der Waals surface area (Å²) in [6, 6.07) is 11.4. The highest BCUT2D eigenvalue weighted by Crippen LogP contribution is 2.33. The van der Waals surface area contributed by atoms with Crippen LogP contribution in [0.3, 0.4) is 0 Å². The minimum atomic E-state index is -3.52. The molecule has 10 nitrogen and oxygen atoms in total. The maximum Gasteiger partial charge on any atom is 0.237 e. The van der Waals surface area contributed by atoms with E-state index in [1.54, 1.807) is 12.1 Å². The Labute approximate surface area is 196 Å². The first-order valence-corrected chi connectivity index (χ1v) is 13.4. The number of hydrogen-bond donors (Lipinski definition) is 4. The lowest BCUT2D eigenvalue weighted by Crippen LogP contribution is -2.07. The summed E-state index contributed by atoms with van der Waals surface area (Å²) in [4.78, 5) is 7.86. The third-order valence-electron chi connectivity index (χ3n) is 3.83. The van der Waals surface area contributed by atoms with Crippen LogP contribution in [0.1, 0.15) is 19.4 Å².